The molecule has 1 aliphatic heterocycles. The summed E-state index contributed by atoms with van der Waals surface area (Å²) in [5.41, 5.74) is 2.43. The highest BCUT2D eigenvalue weighted by Crippen LogP contribution is 2.28. The quantitative estimate of drug-likeness (QED) is 0.461. The lowest BCUT2D eigenvalue weighted by atomic mass is 10.0. The van der Waals surface area contributed by atoms with Crippen molar-refractivity contribution in [1.29, 1.82) is 0 Å². The van der Waals surface area contributed by atoms with Crippen molar-refractivity contribution in [3.05, 3.63) is 47.0 Å². The smallest absolute Gasteiger partial charge is 0.260 e. The molecule has 0 saturated carbocycles. The van der Waals surface area contributed by atoms with Crippen LogP contribution in [0.15, 0.2) is 36.4 Å². The van der Waals surface area contributed by atoms with Crippen molar-refractivity contribution in [1.82, 2.24) is 4.90 Å². The third kappa shape index (κ3) is 7.12. The molecule has 182 valence electrons. The molecule has 0 spiro atoms. The van der Waals surface area contributed by atoms with Gasteiger partial charge in [0, 0.05) is 37.3 Å². The summed E-state index contributed by atoms with van der Waals surface area (Å²) in [7, 11) is 0. The van der Waals surface area contributed by atoms with E-state index in [1.807, 2.05) is 32.0 Å². The molecule has 3 rings (SSSR count). The summed E-state index contributed by atoms with van der Waals surface area (Å²) in [4.78, 5) is 37.5. The largest absolute Gasteiger partial charge is 0.494 e. The molecule has 0 fully saturated rings. The van der Waals surface area contributed by atoms with Crippen LogP contribution in [0.2, 0.25) is 5.02 Å². The number of carbonyl (C=O) groups is 3. The van der Waals surface area contributed by atoms with Gasteiger partial charge in [-0.25, -0.2) is 0 Å². The van der Waals surface area contributed by atoms with E-state index in [1.165, 1.54) is 0 Å². The van der Waals surface area contributed by atoms with Crippen LogP contribution in [0.3, 0.4) is 0 Å². The number of anilines is 2. The number of hydrogen-bond donors (Lipinski definition) is 2. The summed E-state index contributed by atoms with van der Waals surface area (Å²) in [6, 6.07) is 10.5. The van der Waals surface area contributed by atoms with E-state index >= 15 is 0 Å². The summed E-state index contributed by atoms with van der Waals surface area (Å²) in [6.45, 7) is 5.37. The van der Waals surface area contributed by atoms with E-state index in [2.05, 4.69) is 10.6 Å². The van der Waals surface area contributed by atoms with Gasteiger partial charge >= 0.3 is 0 Å². The van der Waals surface area contributed by atoms with E-state index in [-0.39, 0.29) is 30.7 Å². The number of halogens is 1. The zero-order valence-corrected chi connectivity index (χ0v) is 20.2. The van der Waals surface area contributed by atoms with Crippen LogP contribution in [0.4, 0.5) is 11.4 Å². The van der Waals surface area contributed by atoms with Crippen molar-refractivity contribution in [2.24, 2.45) is 0 Å². The molecule has 0 aliphatic carbocycles. The van der Waals surface area contributed by atoms with Gasteiger partial charge in [0.15, 0.2) is 6.61 Å². The number of aryl methyl sites for hydroxylation is 1. The number of hydrogen-bond acceptors (Lipinski definition) is 5. The van der Waals surface area contributed by atoms with E-state index in [0.717, 1.165) is 17.0 Å². The van der Waals surface area contributed by atoms with Gasteiger partial charge in [0.1, 0.15) is 11.5 Å². The molecule has 0 atom stereocenters. The number of nitrogens with zero attached hydrogens (tertiary/aromatic N) is 1. The van der Waals surface area contributed by atoms with E-state index < -0.39 is 0 Å². The molecule has 0 bridgehead atoms. The van der Waals surface area contributed by atoms with Crippen LogP contribution in [0.1, 0.15) is 38.7 Å². The highest BCUT2D eigenvalue weighted by atomic mass is 35.5. The van der Waals surface area contributed by atoms with E-state index in [9.17, 15) is 14.4 Å². The fourth-order valence-corrected chi connectivity index (χ4v) is 3.83. The molecule has 3 amide bonds. The molecular formula is C25H30ClN3O5. The van der Waals surface area contributed by atoms with E-state index in [1.54, 1.807) is 23.1 Å². The molecule has 2 aromatic carbocycles. The molecule has 0 saturated heterocycles. The Morgan fingerprint density at radius 2 is 1.88 bits per heavy atom. The van der Waals surface area contributed by atoms with Crippen LogP contribution >= 0.6 is 11.6 Å². The van der Waals surface area contributed by atoms with Crippen LogP contribution in [0.25, 0.3) is 0 Å². The zero-order valence-electron chi connectivity index (χ0n) is 19.5. The second-order valence-corrected chi connectivity index (χ2v) is 8.27. The van der Waals surface area contributed by atoms with Gasteiger partial charge in [-0.05, 0) is 68.7 Å². The van der Waals surface area contributed by atoms with E-state index in [4.69, 9.17) is 21.1 Å². The van der Waals surface area contributed by atoms with Gasteiger partial charge in [0.05, 0.1) is 11.6 Å². The molecule has 0 radical (unpaired) electrons. The molecule has 9 heteroatoms. The summed E-state index contributed by atoms with van der Waals surface area (Å²) >= 11 is 6.25. The van der Waals surface area contributed by atoms with Crippen LogP contribution < -0.4 is 20.1 Å². The number of fused-ring (bicyclic) bond motifs is 1. The maximum absolute atomic E-state index is 12.3. The van der Waals surface area contributed by atoms with Gasteiger partial charge in [-0.15, -0.1) is 0 Å². The summed E-state index contributed by atoms with van der Waals surface area (Å²) in [5, 5.41) is 5.96. The Morgan fingerprint density at radius 1 is 1.09 bits per heavy atom. The Hall–Kier alpha value is -3.26. The highest BCUT2D eigenvalue weighted by Gasteiger charge is 2.15. The maximum atomic E-state index is 12.3. The van der Waals surface area contributed by atoms with Crippen molar-refractivity contribution >= 4 is 40.7 Å². The average Bonchev–Trinajstić information content (AvgIpc) is 2.82. The summed E-state index contributed by atoms with van der Waals surface area (Å²) in [5.74, 6) is 0.873. The Labute approximate surface area is 204 Å². The lowest BCUT2D eigenvalue weighted by Gasteiger charge is -2.19. The number of carbonyl (C=O) groups excluding carboxylic acids is 3. The van der Waals surface area contributed by atoms with Crippen molar-refractivity contribution in [3.8, 4) is 11.5 Å². The number of benzene rings is 2. The Balaban J connectivity index is 1.40. The normalized spacial score (nSPS) is 12.4. The first-order chi connectivity index (χ1) is 16.4. The van der Waals surface area contributed by atoms with Crippen LogP contribution in [-0.2, 0) is 20.8 Å². The van der Waals surface area contributed by atoms with Crippen LogP contribution in [-0.4, -0.2) is 48.9 Å². The maximum Gasteiger partial charge on any atom is 0.260 e. The van der Waals surface area contributed by atoms with Gasteiger partial charge in [-0.3, -0.25) is 14.4 Å². The Kier molecular flexibility index (Phi) is 9.16. The first-order valence-corrected chi connectivity index (χ1v) is 11.8. The molecule has 8 nitrogen and oxygen atoms in total. The third-order valence-corrected chi connectivity index (χ3v) is 5.77. The number of rotatable bonds is 11. The Bertz CT molecular complexity index is 1040. The molecule has 2 N–H and O–H groups in total. The molecule has 2 aromatic rings. The minimum Gasteiger partial charge on any atom is -0.494 e. The predicted molar refractivity (Wildman–Crippen MR) is 132 cm³/mol. The number of amides is 3. The van der Waals surface area contributed by atoms with Gasteiger partial charge in [-0.2, -0.15) is 0 Å². The third-order valence-electron chi connectivity index (χ3n) is 5.47. The van der Waals surface area contributed by atoms with E-state index in [0.29, 0.717) is 55.4 Å². The van der Waals surface area contributed by atoms with Crippen molar-refractivity contribution in [3.63, 3.8) is 0 Å². The zero-order chi connectivity index (χ0) is 24.5. The van der Waals surface area contributed by atoms with Crippen molar-refractivity contribution in [2.75, 3.05) is 36.9 Å². The second-order valence-electron chi connectivity index (χ2n) is 7.87. The molecule has 1 heterocycles. The predicted octanol–water partition coefficient (Wildman–Crippen LogP) is 4.27. The van der Waals surface area contributed by atoms with Gasteiger partial charge < -0.3 is 25.0 Å². The summed E-state index contributed by atoms with van der Waals surface area (Å²) < 4.78 is 11.3. The lowest BCUT2D eigenvalue weighted by molar-refractivity contribution is -0.133. The number of likely N-dealkylation sites (N-methyl/N-ethyl adjacent to an activating group) is 1. The summed E-state index contributed by atoms with van der Waals surface area (Å²) in [6.07, 6.45) is 2.00. The van der Waals surface area contributed by atoms with Gasteiger partial charge in [-0.1, -0.05) is 11.6 Å². The Morgan fingerprint density at radius 3 is 2.62 bits per heavy atom. The fourth-order valence-electron chi connectivity index (χ4n) is 3.60. The molecule has 0 unspecified atom stereocenters. The SMILES string of the molecule is CCN(CC)C(=O)COc1ccc(NC(=O)CCCOc2ccc3c(c2)CCC(=O)N3)cc1Cl. The first kappa shape index (κ1) is 25.4. The monoisotopic (exact) mass is 487 g/mol. The van der Waals surface area contributed by atoms with Gasteiger partial charge in [0.25, 0.3) is 5.91 Å². The topological polar surface area (TPSA) is 97.0 Å². The minimum atomic E-state index is -0.154. The number of ether oxygens (including phenoxy) is 2. The fraction of sp³-hybridized carbons (Fsp3) is 0.400. The average molecular weight is 488 g/mol. The molecule has 1 aliphatic rings. The lowest BCUT2D eigenvalue weighted by Crippen LogP contribution is -2.34. The van der Waals surface area contributed by atoms with Crippen molar-refractivity contribution in [2.45, 2.75) is 39.5 Å². The van der Waals surface area contributed by atoms with Gasteiger partial charge in [0.2, 0.25) is 11.8 Å². The second kappa shape index (κ2) is 12.3. The van der Waals surface area contributed by atoms with Crippen molar-refractivity contribution < 1.29 is 23.9 Å². The first-order valence-electron chi connectivity index (χ1n) is 11.4. The molecule has 0 aromatic heterocycles. The molecular weight excluding hydrogens is 458 g/mol. The highest BCUT2D eigenvalue weighted by molar-refractivity contribution is 6.32. The van der Waals surface area contributed by atoms with Crippen LogP contribution in [0, 0.1) is 0 Å². The number of nitrogens with one attached hydrogen (secondary N) is 2. The van der Waals surface area contributed by atoms with Crippen LogP contribution in [0.5, 0.6) is 11.5 Å². The standard InChI is InChI=1S/C25H30ClN3O5/c1-3-29(4-2)25(32)16-34-22-11-8-18(15-20(22)26)27-23(30)6-5-13-33-19-9-10-21-17(14-19)7-12-24(31)28-21/h8-11,14-15H,3-7,12-13,16H2,1-2H3,(H,27,30)(H,28,31). The minimum absolute atomic E-state index is 0.0287. The molecule has 34 heavy (non-hydrogen) atoms.